The van der Waals surface area contributed by atoms with Crippen LogP contribution in [-0.4, -0.2) is 15.7 Å². The van der Waals surface area contributed by atoms with Crippen molar-refractivity contribution >= 4 is 11.7 Å². The quantitative estimate of drug-likeness (QED) is 0.805. The summed E-state index contributed by atoms with van der Waals surface area (Å²) in [7, 11) is 0. The maximum absolute atomic E-state index is 11.3. The summed E-state index contributed by atoms with van der Waals surface area (Å²) in [5.74, 6) is 1.06. The normalized spacial score (nSPS) is 24.4. The number of aromatic amines is 1. The number of anilines is 1. The van der Waals surface area contributed by atoms with Gasteiger partial charge in [-0.05, 0) is 37.5 Å². The van der Waals surface area contributed by atoms with Crippen molar-refractivity contribution in [1.29, 1.82) is 0 Å². The van der Waals surface area contributed by atoms with Crippen LogP contribution in [0, 0.1) is 18.3 Å². The van der Waals surface area contributed by atoms with Crippen LogP contribution in [0.25, 0.3) is 0 Å². The minimum absolute atomic E-state index is 0.160. The summed E-state index contributed by atoms with van der Waals surface area (Å²) in [6.07, 6.45) is 3.22. The van der Waals surface area contributed by atoms with Crippen molar-refractivity contribution in [3.8, 4) is 0 Å². The van der Waals surface area contributed by atoms with E-state index in [1.54, 1.807) is 6.92 Å². The highest BCUT2D eigenvalue weighted by Crippen LogP contribution is 2.36. The van der Waals surface area contributed by atoms with Crippen molar-refractivity contribution in [2.45, 2.75) is 47.0 Å². The minimum atomic E-state index is -0.160. The number of aromatic nitrogens is 2. The molecule has 0 aliphatic heterocycles. The molecule has 1 aliphatic rings. The van der Waals surface area contributed by atoms with Gasteiger partial charge >= 0.3 is 0 Å². The van der Waals surface area contributed by atoms with Gasteiger partial charge in [-0.25, -0.2) is 10.4 Å². The maximum atomic E-state index is 11.3. The predicted octanol–water partition coefficient (Wildman–Crippen LogP) is 2.69. The van der Waals surface area contributed by atoms with Gasteiger partial charge in [-0.3, -0.25) is 9.78 Å². The lowest BCUT2D eigenvalue weighted by atomic mass is 9.72. The summed E-state index contributed by atoms with van der Waals surface area (Å²) < 4.78 is 0. The fraction of sp³-hybridized carbons (Fsp3) is 0.643. The Kier molecular flexibility index (Phi) is 3.73. The molecule has 1 saturated carbocycles. The van der Waals surface area contributed by atoms with Gasteiger partial charge in [-0.2, -0.15) is 5.10 Å². The van der Waals surface area contributed by atoms with Crippen molar-refractivity contribution in [2.24, 2.45) is 16.4 Å². The second-order valence-corrected chi connectivity index (χ2v) is 6.38. The standard InChI is InChI=1S/C14H22N4O/c1-9-5-11(8-14(3,4)7-9)17-18-13-15-10(2)6-12(19)16-13/h6,9H,5,7-8H2,1-4H3,(H2,15,16,18,19)/b17-11-/t9-/m1/s1. The molecule has 0 radical (unpaired) electrons. The average molecular weight is 262 g/mol. The fourth-order valence-corrected chi connectivity index (χ4v) is 2.96. The topological polar surface area (TPSA) is 70.1 Å². The van der Waals surface area contributed by atoms with Crippen LogP contribution in [0.2, 0.25) is 0 Å². The lowest BCUT2D eigenvalue weighted by molar-refractivity contribution is 0.266. The first kappa shape index (κ1) is 13.8. The summed E-state index contributed by atoms with van der Waals surface area (Å²) in [4.78, 5) is 18.2. The average Bonchev–Trinajstić information content (AvgIpc) is 2.22. The van der Waals surface area contributed by atoms with Crippen LogP contribution in [0.1, 0.15) is 45.7 Å². The third-order valence-corrected chi connectivity index (χ3v) is 3.36. The molecule has 0 amide bonds. The molecule has 19 heavy (non-hydrogen) atoms. The summed E-state index contributed by atoms with van der Waals surface area (Å²) >= 11 is 0. The van der Waals surface area contributed by atoms with E-state index in [0.717, 1.165) is 18.6 Å². The number of nitrogens with zero attached hydrogens (tertiary/aromatic N) is 2. The van der Waals surface area contributed by atoms with Gasteiger partial charge in [0.15, 0.2) is 0 Å². The van der Waals surface area contributed by atoms with E-state index in [2.05, 4.69) is 41.3 Å². The van der Waals surface area contributed by atoms with Crippen LogP contribution in [-0.2, 0) is 0 Å². The predicted molar refractivity (Wildman–Crippen MR) is 77.4 cm³/mol. The van der Waals surface area contributed by atoms with Gasteiger partial charge in [0.1, 0.15) is 0 Å². The Morgan fingerprint density at radius 3 is 2.89 bits per heavy atom. The van der Waals surface area contributed by atoms with E-state index in [9.17, 15) is 4.79 Å². The van der Waals surface area contributed by atoms with E-state index < -0.39 is 0 Å². The molecule has 5 nitrogen and oxygen atoms in total. The molecule has 1 fully saturated rings. The molecule has 0 spiro atoms. The second kappa shape index (κ2) is 5.15. The smallest absolute Gasteiger partial charge is 0.252 e. The summed E-state index contributed by atoms with van der Waals surface area (Å²) in [6, 6.07) is 1.46. The molecule has 0 unspecified atom stereocenters. The molecule has 0 aromatic carbocycles. The molecule has 1 aromatic rings. The summed E-state index contributed by atoms with van der Waals surface area (Å²) in [5.41, 5.74) is 4.84. The monoisotopic (exact) mass is 262 g/mol. The Morgan fingerprint density at radius 1 is 1.53 bits per heavy atom. The van der Waals surface area contributed by atoms with Crippen molar-refractivity contribution in [3.63, 3.8) is 0 Å². The van der Waals surface area contributed by atoms with Crippen molar-refractivity contribution < 1.29 is 0 Å². The third-order valence-electron chi connectivity index (χ3n) is 3.36. The second-order valence-electron chi connectivity index (χ2n) is 6.38. The summed E-state index contributed by atoms with van der Waals surface area (Å²) in [5, 5.41) is 4.42. The van der Waals surface area contributed by atoms with Crippen LogP contribution in [0.15, 0.2) is 16.0 Å². The Bertz CT molecular complexity index is 545. The van der Waals surface area contributed by atoms with Crippen molar-refractivity contribution in [1.82, 2.24) is 9.97 Å². The van der Waals surface area contributed by atoms with Gasteiger partial charge in [-0.1, -0.05) is 20.8 Å². The molecule has 1 atom stereocenters. The van der Waals surface area contributed by atoms with Crippen molar-refractivity contribution in [2.75, 3.05) is 5.43 Å². The lowest BCUT2D eigenvalue weighted by Gasteiger charge is -2.34. The van der Waals surface area contributed by atoms with E-state index in [4.69, 9.17) is 0 Å². The number of aryl methyl sites for hydroxylation is 1. The first-order valence-electron chi connectivity index (χ1n) is 6.73. The number of hydrazone groups is 1. The molecule has 0 saturated heterocycles. The van der Waals surface area contributed by atoms with Crippen LogP contribution >= 0.6 is 0 Å². The summed E-state index contributed by atoms with van der Waals surface area (Å²) in [6.45, 7) is 8.58. The van der Waals surface area contributed by atoms with E-state index in [-0.39, 0.29) is 5.56 Å². The Labute approximate surface area is 113 Å². The van der Waals surface area contributed by atoms with Crippen molar-refractivity contribution in [3.05, 3.63) is 22.1 Å². The maximum Gasteiger partial charge on any atom is 0.252 e. The zero-order chi connectivity index (χ0) is 14.0. The third kappa shape index (κ3) is 3.91. The Balaban J connectivity index is 2.11. The molecule has 2 N–H and O–H groups in total. The molecular weight excluding hydrogens is 240 g/mol. The number of hydrogen-bond donors (Lipinski definition) is 2. The zero-order valence-corrected chi connectivity index (χ0v) is 12.1. The van der Waals surface area contributed by atoms with Crippen LogP contribution < -0.4 is 11.0 Å². The van der Waals surface area contributed by atoms with Gasteiger partial charge < -0.3 is 0 Å². The lowest BCUT2D eigenvalue weighted by Crippen LogP contribution is -2.28. The number of rotatable bonds is 2. The van der Waals surface area contributed by atoms with Gasteiger partial charge in [0.2, 0.25) is 5.95 Å². The van der Waals surface area contributed by atoms with Crippen LogP contribution in [0.4, 0.5) is 5.95 Å². The molecule has 1 aromatic heterocycles. The van der Waals surface area contributed by atoms with Crippen LogP contribution in [0.3, 0.4) is 0 Å². The minimum Gasteiger partial charge on any atom is -0.291 e. The Morgan fingerprint density at radius 2 is 2.26 bits per heavy atom. The first-order valence-corrected chi connectivity index (χ1v) is 6.73. The van der Waals surface area contributed by atoms with Gasteiger partial charge in [0, 0.05) is 17.5 Å². The van der Waals surface area contributed by atoms with E-state index >= 15 is 0 Å². The largest absolute Gasteiger partial charge is 0.291 e. The van der Waals surface area contributed by atoms with E-state index in [0.29, 0.717) is 23.0 Å². The van der Waals surface area contributed by atoms with Gasteiger partial charge in [0.25, 0.3) is 5.56 Å². The fourth-order valence-electron chi connectivity index (χ4n) is 2.96. The highest BCUT2D eigenvalue weighted by atomic mass is 16.1. The number of nitrogens with one attached hydrogen (secondary N) is 2. The molecule has 104 valence electrons. The van der Waals surface area contributed by atoms with Crippen LogP contribution in [0.5, 0.6) is 0 Å². The molecule has 1 heterocycles. The van der Waals surface area contributed by atoms with E-state index in [1.807, 2.05) is 0 Å². The molecule has 2 rings (SSSR count). The first-order chi connectivity index (χ1) is 8.84. The highest BCUT2D eigenvalue weighted by Gasteiger charge is 2.29. The molecular formula is C14H22N4O. The van der Waals surface area contributed by atoms with E-state index in [1.165, 1.54) is 12.5 Å². The number of H-pyrrole nitrogens is 1. The zero-order valence-electron chi connectivity index (χ0n) is 12.1. The van der Waals surface area contributed by atoms with Gasteiger partial charge in [-0.15, -0.1) is 0 Å². The molecule has 0 bridgehead atoms. The molecule has 5 heteroatoms. The van der Waals surface area contributed by atoms with Gasteiger partial charge in [0.05, 0.1) is 0 Å². The Hall–Kier alpha value is -1.65. The SMILES string of the molecule is Cc1cc(=O)[nH]c(N/N=C2/C[C@@H](C)CC(C)(C)C2)n1. The molecule has 1 aliphatic carbocycles. The number of hydrogen-bond acceptors (Lipinski definition) is 4. The highest BCUT2D eigenvalue weighted by molar-refractivity contribution is 5.86.